The predicted molar refractivity (Wildman–Crippen MR) is 249 cm³/mol. The Kier molecular flexibility index (Phi) is 9.02. The molecule has 0 aliphatic heterocycles. The molecule has 3 nitrogen and oxygen atoms in total. The highest BCUT2D eigenvalue weighted by molar-refractivity contribution is 6.25. The number of benzene rings is 9. The number of hydrogen-bond donors (Lipinski definition) is 0. The lowest BCUT2D eigenvalue weighted by atomic mass is 9.87. The maximum absolute atomic E-state index is 8.07. The topological polar surface area (TPSA) is 10.8 Å². The molecule has 282 valence electrons. The minimum absolute atomic E-state index is 0.0300. The molecular weight excluding hydrogens is 703 g/mol. The van der Waals surface area contributed by atoms with Gasteiger partial charge in [0.1, 0.15) is 0 Å². The SMILES string of the molecule is [C-]#[N+]c1ccc2c(c1)c(N(c1ccccc1)c1ccc(C(C)(C)C)cc1)cc1c3ccccc3c(N(c3ccc(C(C)(C)C)cc3)c3ccc4ccccc4c3)cc21. The third kappa shape index (κ3) is 6.61. The summed E-state index contributed by atoms with van der Waals surface area (Å²) < 4.78 is 0. The van der Waals surface area contributed by atoms with Gasteiger partial charge in [-0.3, -0.25) is 0 Å². The standard InChI is InChI=1S/C55H47N3/c1-54(2,3)39-22-28-43(29-23-39)57(42-17-9-8-10-18-42)53-36-49-46-19-13-14-20-48(46)52(35-50(49)47-32-26-41(56-7)34-51(47)53)58(44-30-24-40(25-31-44)55(4,5)6)45-27-21-37-15-11-12-16-38(37)33-45/h8-36H,1-6H3. The van der Waals surface area contributed by atoms with Crippen LogP contribution in [0.5, 0.6) is 0 Å². The summed E-state index contributed by atoms with van der Waals surface area (Å²) in [6, 6.07) is 63.7. The molecule has 9 aromatic rings. The van der Waals surface area contributed by atoms with Crippen molar-refractivity contribution in [1.29, 1.82) is 0 Å². The summed E-state index contributed by atoms with van der Waals surface area (Å²) in [7, 11) is 0. The van der Waals surface area contributed by atoms with E-state index in [2.05, 4.69) is 226 Å². The average molecular weight is 750 g/mol. The molecule has 0 unspecified atom stereocenters. The summed E-state index contributed by atoms with van der Waals surface area (Å²) in [6.45, 7) is 21.6. The van der Waals surface area contributed by atoms with E-state index >= 15 is 0 Å². The van der Waals surface area contributed by atoms with Crippen molar-refractivity contribution in [2.75, 3.05) is 9.80 Å². The van der Waals surface area contributed by atoms with Crippen molar-refractivity contribution in [3.05, 3.63) is 198 Å². The molecule has 58 heavy (non-hydrogen) atoms. The molecule has 0 saturated carbocycles. The molecule has 0 radical (unpaired) electrons. The fraction of sp³-hybridized carbons (Fsp3) is 0.145. The van der Waals surface area contributed by atoms with Crippen LogP contribution < -0.4 is 9.80 Å². The largest absolute Gasteiger partial charge is 0.310 e. The quantitative estimate of drug-likeness (QED) is 0.124. The number of fused-ring (bicyclic) bond motifs is 6. The number of para-hydroxylation sites is 1. The van der Waals surface area contributed by atoms with Gasteiger partial charge in [0.2, 0.25) is 0 Å². The first-order valence-corrected chi connectivity index (χ1v) is 20.1. The Balaban J connectivity index is 1.36. The smallest absolute Gasteiger partial charge is 0.187 e. The summed E-state index contributed by atoms with van der Waals surface area (Å²) >= 11 is 0. The van der Waals surface area contributed by atoms with Crippen LogP contribution >= 0.6 is 0 Å². The van der Waals surface area contributed by atoms with E-state index in [0.29, 0.717) is 5.69 Å². The van der Waals surface area contributed by atoms with E-state index in [1.807, 2.05) is 6.07 Å². The second-order valence-corrected chi connectivity index (χ2v) is 17.4. The molecule has 0 amide bonds. The molecule has 0 aliphatic rings. The third-order valence-electron chi connectivity index (χ3n) is 11.5. The first kappa shape index (κ1) is 36.7. The van der Waals surface area contributed by atoms with E-state index in [0.717, 1.165) is 61.1 Å². The molecule has 0 saturated heterocycles. The Hall–Kier alpha value is -6.89. The fourth-order valence-corrected chi connectivity index (χ4v) is 8.36. The second-order valence-electron chi connectivity index (χ2n) is 17.4. The number of hydrogen-bond acceptors (Lipinski definition) is 2. The lowest BCUT2D eigenvalue weighted by Gasteiger charge is -2.30. The Bertz CT molecular complexity index is 3010. The van der Waals surface area contributed by atoms with E-state index in [1.165, 1.54) is 27.3 Å². The fourth-order valence-electron chi connectivity index (χ4n) is 8.36. The van der Waals surface area contributed by atoms with Gasteiger partial charge in [0, 0.05) is 28.1 Å². The van der Waals surface area contributed by atoms with Crippen LogP contribution in [-0.4, -0.2) is 0 Å². The molecule has 0 aliphatic carbocycles. The van der Waals surface area contributed by atoms with Crippen LogP contribution in [0.15, 0.2) is 176 Å². The van der Waals surface area contributed by atoms with Gasteiger partial charge in [0.15, 0.2) is 5.69 Å². The molecule has 0 heterocycles. The molecule has 0 fully saturated rings. The lowest BCUT2D eigenvalue weighted by molar-refractivity contribution is 0.590. The van der Waals surface area contributed by atoms with Gasteiger partial charge in [0.25, 0.3) is 0 Å². The highest BCUT2D eigenvalue weighted by Gasteiger charge is 2.24. The van der Waals surface area contributed by atoms with Crippen molar-refractivity contribution in [1.82, 2.24) is 0 Å². The minimum atomic E-state index is 0.0300. The monoisotopic (exact) mass is 749 g/mol. The number of rotatable bonds is 6. The third-order valence-corrected chi connectivity index (χ3v) is 11.5. The van der Waals surface area contributed by atoms with Gasteiger partial charge >= 0.3 is 0 Å². The first-order valence-electron chi connectivity index (χ1n) is 20.1. The van der Waals surface area contributed by atoms with Crippen molar-refractivity contribution < 1.29 is 0 Å². The summed E-state index contributed by atoms with van der Waals surface area (Å²) in [5, 5.41) is 9.15. The second kappa shape index (κ2) is 14.2. The van der Waals surface area contributed by atoms with Crippen molar-refractivity contribution >= 4 is 82.9 Å². The van der Waals surface area contributed by atoms with Gasteiger partial charge in [-0.15, -0.1) is 0 Å². The van der Waals surface area contributed by atoms with Gasteiger partial charge in [-0.25, -0.2) is 4.85 Å². The van der Waals surface area contributed by atoms with Crippen LogP contribution in [0.2, 0.25) is 0 Å². The molecular formula is C55H47N3. The molecule has 3 heteroatoms. The highest BCUT2D eigenvalue weighted by atomic mass is 15.2. The van der Waals surface area contributed by atoms with Crippen LogP contribution in [0.1, 0.15) is 52.7 Å². The Morgan fingerprint density at radius 2 is 0.828 bits per heavy atom. The molecule has 9 rings (SSSR count). The van der Waals surface area contributed by atoms with Crippen molar-refractivity contribution in [2.24, 2.45) is 0 Å². The normalized spacial score (nSPS) is 11.9. The number of anilines is 6. The Labute approximate surface area is 342 Å². The zero-order valence-corrected chi connectivity index (χ0v) is 34.1. The van der Waals surface area contributed by atoms with Gasteiger partial charge in [-0.05, 0) is 126 Å². The van der Waals surface area contributed by atoms with Crippen molar-refractivity contribution in [3.8, 4) is 0 Å². The van der Waals surface area contributed by atoms with E-state index in [-0.39, 0.29) is 10.8 Å². The summed E-state index contributed by atoms with van der Waals surface area (Å²) in [4.78, 5) is 8.70. The van der Waals surface area contributed by atoms with E-state index in [4.69, 9.17) is 6.57 Å². The maximum Gasteiger partial charge on any atom is 0.187 e. The molecule has 0 N–H and O–H groups in total. The highest BCUT2D eigenvalue weighted by Crippen LogP contribution is 2.48. The van der Waals surface area contributed by atoms with E-state index in [9.17, 15) is 0 Å². The zero-order valence-electron chi connectivity index (χ0n) is 34.1. The summed E-state index contributed by atoms with van der Waals surface area (Å²) in [6.07, 6.45) is 0. The van der Waals surface area contributed by atoms with E-state index < -0.39 is 0 Å². The molecule has 9 aromatic carbocycles. The van der Waals surface area contributed by atoms with Gasteiger partial charge in [-0.1, -0.05) is 151 Å². The Morgan fingerprint density at radius 3 is 1.41 bits per heavy atom. The maximum atomic E-state index is 8.07. The summed E-state index contributed by atoms with van der Waals surface area (Å²) in [5.74, 6) is 0. The summed E-state index contributed by atoms with van der Waals surface area (Å²) in [5.41, 5.74) is 9.70. The van der Waals surface area contributed by atoms with Crippen LogP contribution in [0.25, 0.3) is 47.9 Å². The van der Waals surface area contributed by atoms with E-state index in [1.54, 1.807) is 0 Å². The molecule has 0 spiro atoms. The zero-order chi connectivity index (χ0) is 40.2. The van der Waals surface area contributed by atoms with Gasteiger partial charge in [-0.2, -0.15) is 0 Å². The van der Waals surface area contributed by atoms with Crippen LogP contribution in [0.3, 0.4) is 0 Å². The molecule has 0 atom stereocenters. The minimum Gasteiger partial charge on any atom is -0.310 e. The van der Waals surface area contributed by atoms with Crippen molar-refractivity contribution in [2.45, 2.75) is 52.4 Å². The predicted octanol–water partition coefficient (Wildman–Crippen LogP) is 16.4. The van der Waals surface area contributed by atoms with Crippen LogP contribution in [-0.2, 0) is 10.8 Å². The first-order chi connectivity index (χ1) is 28.0. The van der Waals surface area contributed by atoms with Crippen LogP contribution in [0, 0.1) is 6.57 Å². The Morgan fingerprint density at radius 1 is 0.362 bits per heavy atom. The van der Waals surface area contributed by atoms with Gasteiger partial charge < -0.3 is 9.80 Å². The lowest BCUT2D eigenvalue weighted by Crippen LogP contribution is -2.14. The van der Waals surface area contributed by atoms with Gasteiger partial charge in [0.05, 0.1) is 17.9 Å². The van der Waals surface area contributed by atoms with Crippen molar-refractivity contribution in [3.63, 3.8) is 0 Å². The molecule has 0 bridgehead atoms. The average Bonchev–Trinajstić information content (AvgIpc) is 3.24. The number of nitrogens with zero attached hydrogens (tertiary/aromatic N) is 3. The molecule has 0 aromatic heterocycles. The van der Waals surface area contributed by atoms with Crippen LogP contribution in [0.4, 0.5) is 39.8 Å².